The van der Waals surface area contributed by atoms with Gasteiger partial charge < -0.3 is 4.57 Å². The van der Waals surface area contributed by atoms with Gasteiger partial charge in [-0.15, -0.1) is 0 Å². The van der Waals surface area contributed by atoms with Crippen LogP contribution in [-0.2, 0) is 11.8 Å². The lowest BCUT2D eigenvalue weighted by atomic mass is 9.86. The van der Waals surface area contributed by atoms with Gasteiger partial charge in [0.15, 0.2) is 0 Å². The highest BCUT2D eigenvalue weighted by molar-refractivity contribution is 5.82. The number of fused-ring (bicyclic) bond motifs is 1. The van der Waals surface area contributed by atoms with Crippen molar-refractivity contribution in [2.24, 2.45) is 0 Å². The summed E-state index contributed by atoms with van der Waals surface area (Å²) in [4.78, 5) is 0. The lowest BCUT2D eigenvalue weighted by Crippen LogP contribution is -2.19. The van der Waals surface area contributed by atoms with Crippen LogP contribution in [0.3, 0.4) is 0 Å². The SMILES string of the molecule is CCc1cc2ccc(C(C)(C)C)cc2n1C1CCC1. The molecule has 1 heteroatoms. The monoisotopic (exact) mass is 255 g/mol. The van der Waals surface area contributed by atoms with Gasteiger partial charge >= 0.3 is 0 Å². The molecule has 1 aromatic heterocycles. The van der Waals surface area contributed by atoms with Gasteiger partial charge in [-0.25, -0.2) is 0 Å². The van der Waals surface area contributed by atoms with E-state index in [1.807, 2.05) is 0 Å². The zero-order chi connectivity index (χ0) is 13.6. The standard InChI is InChI=1S/C18H25N/c1-5-15-11-13-9-10-14(18(2,3)4)12-17(13)19(15)16-7-6-8-16/h9-12,16H,5-8H2,1-4H3. The highest BCUT2D eigenvalue weighted by Gasteiger charge is 2.24. The molecular weight excluding hydrogens is 230 g/mol. The third-order valence-corrected chi connectivity index (χ3v) is 4.59. The minimum absolute atomic E-state index is 0.231. The summed E-state index contributed by atoms with van der Waals surface area (Å²) < 4.78 is 2.62. The van der Waals surface area contributed by atoms with Gasteiger partial charge in [-0.2, -0.15) is 0 Å². The van der Waals surface area contributed by atoms with Crippen molar-refractivity contribution in [1.82, 2.24) is 4.57 Å². The number of benzene rings is 1. The van der Waals surface area contributed by atoms with Crippen molar-refractivity contribution in [3.63, 3.8) is 0 Å². The second kappa shape index (κ2) is 4.40. The van der Waals surface area contributed by atoms with Gasteiger partial charge in [0, 0.05) is 17.3 Å². The summed E-state index contributed by atoms with van der Waals surface area (Å²) in [5.41, 5.74) is 4.64. The minimum Gasteiger partial charge on any atom is -0.342 e. The maximum Gasteiger partial charge on any atom is 0.0488 e. The predicted octanol–water partition coefficient (Wildman–Crippen LogP) is 5.23. The van der Waals surface area contributed by atoms with E-state index < -0.39 is 0 Å². The van der Waals surface area contributed by atoms with Crippen molar-refractivity contribution in [2.75, 3.05) is 0 Å². The summed E-state index contributed by atoms with van der Waals surface area (Å²) in [6.45, 7) is 9.16. The van der Waals surface area contributed by atoms with Gasteiger partial charge in [-0.05, 0) is 54.2 Å². The predicted molar refractivity (Wildman–Crippen MR) is 82.9 cm³/mol. The summed E-state index contributed by atoms with van der Waals surface area (Å²) in [5, 5.41) is 1.41. The molecule has 1 saturated carbocycles. The zero-order valence-electron chi connectivity index (χ0n) is 12.7. The molecule has 0 unspecified atom stereocenters. The van der Waals surface area contributed by atoms with Crippen LogP contribution in [0.1, 0.15) is 64.3 Å². The van der Waals surface area contributed by atoms with Crippen LogP contribution in [0.4, 0.5) is 0 Å². The van der Waals surface area contributed by atoms with Crippen LogP contribution in [0, 0.1) is 0 Å². The number of rotatable bonds is 2. The van der Waals surface area contributed by atoms with Crippen LogP contribution >= 0.6 is 0 Å². The first-order valence-electron chi connectivity index (χ1n) is 7.65. The lowest BCUT2D eigenvalue weighted by molar-refractivity contribution is 0.315. The smallest absolute Gasteiger partial charge is 0.0488 e. The van der Waals surface area contributed by atoms with Crippen molar-refractivity contribution >= 4 is 10.9 Å². The summed E-state index contributed by atoms with van der Waals surface area (Å²) in [7, 11) is 0. The van der Waals surface area contributed by atoms with Crippen LogP contribution in [0.2, 0.25) is 0 Å². The molecule has 0 bridgehead atoms. The van der Waals surface area contributed by atoms with Gasteiger partial charge in [0.1, 0.15) is 0 Å². The maximum atomic E-state index is 2.62. The van der Waals surface area contributed by atoms with Gasteiger partial charge in [0.2, 0.25) is 0 Å². The van der Waals surface area contributed by atoms with Crippen molar-refractivity contribution in [3.05, 3.63) is 35.5 Å². The number of nitrogens with zero attached hydrogens (tertiary/aromatic N) is 1. The van der Waals surface area contributed by atoms with Gasteiger partial charge in [0.05, 0.1) is 0 Å². The van der Waals surface area contributed by atoms with E-state index in [4.69, 9.17) is 0 Å². The molecule has 0 spiro atoms. The van der Waals surface area contributed by atoms with Crippen molar-refractivity contribution in [2.45, 2.75) is 64.8 Å². The summed E-state index contributed by atoms with van der Waals surface area (Å²) in [5.74, 6) is 0. The first-order chi connectivity index (χ1) is 9.00. The quantitative estimate of drug-likeness (QED) is 0.692. The van der Waals surface area contributed by atoms with Crippen LogP contribution in [-0.4, -0.2) is 4.57 Å². The highest BCUT2D eigenvalue weighted by atomic mass is 15.0. The fourth-order valence-electron chi connectivity index (χ4n) is 3.09. The molecule has 102 valence electrons. The fourth-order valence-corrected chi connectivity index (χ4v) is 3.09. The van der Waals surface area contributed by atoms with Crippen LogP contribution < -0.4 is 0 Å². The van der Waals surface area contributed by atoms with E-state index in [0.717, 1.165) is 12.5 Å². The second-order valence-electron chi connectivity index (χ2n) is 6.97. The van der Waals surface area contributed by atoms with Crippen molar-refractivity contribution < 1.29 is 0 Å². The first kappa shape index (κ1) is 12.8. The van der Waals surface area contributed by atoms with Crippen molar-refractivity contribution in [3.8, 4) is 0 Å². The van der Waals surface area contributed by atoms with E-state index in [-0.39, 0.29) is 5.41 Å². The molecule has 0 radical (unpaired) electrons. The van der Waals surface area contributed by atoms with E-state index >= 15 is 0 Å². The molecule has 1 heterocycles. The third-order valence-electron chi connectivity index (χ3n) is 4.59. The molecule has 0 amide bonds. The Hall–Kier alpha value is -1.24. The maximum absolute atomic E-state index is 2.62. The average molecular weight is 255 g/mol. The largest absolute Gasteiger partial charge is 0.342 e. The van der Waals surface area contributed by atoms with Crippen LogP contribution in [0.5, 0.6) is 0 Å². The molecule has 1 nitrogen and oxygen atoms in total. The molecule has 0 aliphatic heterocycles. The van der Waals surface area contributed by atoms with E-state index in [0.29, 0.717) is 0 Å². The van der Waals surface area contributed by atoms with E-state index in [2.05, 4.69) is 56.5 Å². The van der Waals surface area contributed by atoms with Crippen LogP contribution in [0.15, 0.2) is 24.3 Å². The van der Waals surface area contributed by atoms with Crippen molar-refractivity contribution in [1.29, 1.82) is 0 Å². The Bertz CT molecular complexity index is 594. The van der Waals surface area contributed by atoms with Gasteiger partial charge in [-0.1, -0.05) is 39.8 Å². The molecule has 1 aliphatic rings. The molecule has 1 fully saturated rings. The van der Waals surface area contributed by atoms with Gasteiger partial charge in [0.25, 0.3) is 0 Å². The average Bonchev–Trinajstić information content (AvgIpc) is 2.64. The van der Waals surface area contributed by atoms with E-state index in [9.17, 15) is 0 Å². The normalized spacial score (nSPS) is 16.8. The lowest BCUT2D eigenvalue weighted by Gasteiger charge is -2.30. The Morgan fingerprint density at radius 3 is 2.42 bits per heavy atom. The second-order valence-corrected chi connectivity index (χ2v) is 6.97. The van der Waals surface area contributed by atoms with Crippen LogP contribution in [0.25, 0.3) is 10.9 Å². The Labute approximate surface area is 116 Å². The zero-order valence-corrected chi connectivity index (χ0v) is 12.7. The fraction of sp³-hybridized carbons (Fsp3) is 0.556. The Kier molecular flexibility index (Phi) is 2.96. The highest BCUT2D eigenvalue weighted by Crippen LogP contribution is 2.38. The van der Waals surface area contributed by atoms with E-state index in [1.165, 1.54) is 41.4 Å². The molecule has 0 N–H and O–H groups in total. The number of hydrogen-bond donors (Lipinski definition) is 0. The Morgan fingerprint density at radius 1 is 1.16 bits per heavy atom. The molecule has 0 atom stereocenters. The number of hydrogen-bond acceptors (Lipinski definition) is 0. The number of aryl methyl sites for hydroxylation is 1. The summed E-state index contributed by atoms with van der Waals surface area (Å²) >= 11 is 0. The minimum atomic E-state index is 0.231. The topological polar surface area (TPSA) is 4.93 Å². The summed E-state index contributed by atoms with van der Waals surface area (Å²) in [6.07, 6.45) is 5.25. The Morgan fingerprint density at radius 2 is 1.89 bits per heavy atom. The molecule has 3 rings (SSSR count). The molecular formula is C18H25N. The molecule has 19 heavy (non-hydrogen) atoms. The molecule has 0 saturated heterocycles. The summed E-state index contributed by atoms with van der Waals surface area (Å²) in [6, 6.07) is 10.2. The third kappa shape index (κ3) is 2.09. The Balaban J connectivity index is 2.19. The molecule has 1 aromatic carbocycles. The molecule has 1 aliphatic carbocycles. The first-order valence-corrected chi connectivity index (χ1v) is 7.65. The van der Waals surface area contributed by atoms with Gasteiger partial charge in [-0.3, -0.25) is 0 Å². The molecule has 2 aromatic rings. The number of aromatic nitrogens is 1. The van der Waals surface area contributed by atoms with E-state index in [1.54, 1.807) is 0 Å².